The van der Waals surface area contributed by atoms with Gasteiger partial charge in [0.15, 0.2) is 0 Å². The van der Waals surface area contributed by atoms with Gasteiger partial charge in [-0.3, -0.25) is 0 Å². The molecule has 5 heteroatoms. The van der Waals surface area contributed by atoms with Gasteiger partial charge in [-0.1, -0.05) is 58.6 Å². The highest BCUT2D eigenvalue weighted by Gasteiger charge is 1.68. The molecular formula is C6H10Cl4O. The second-order valence-electron chi connectivity index (χ2n) is 1.16. The lowest BCUT2D eigenvalue weighted by Crippen LogP contribution is -1.38. The lowest BCUT2D eigenvalue weighted by molar-refractivity contribution is 0.824. The fraction of sp³-hybridized carbons (Fsp3) is 0.333. The smallest absolute Gasteiger partial charge is 0.102 e. The molecule has 68 valence electrons. The Morgan fingerprint density at radius 2 is 0.909 bits per heavy atom. The SMILES string of the molecule is CC=C(Cl)Cl.CC=C(Cl)Cl.O. The van der Waals surface area contributed by atoms with E-state index in [0.717, 1.165) is 0 Å². The van der Waals surface area contributed by atoms with Gasteiger partial charge < -0.3 is 5.48 Å². The second kappa shape index (κ2) is 13.2. The summed E-state index contributed by atoms with van der Waals surface area (Å²) < 4.78 is 0.648. The molecule has 0 unspecified atom stereocenters. The largest absolute Gasteiger partial charge is 0.412 e. The van der Waals surface area contributed by atoms with Gasteiger partial charge in [-0.05, 0) is 13.8 Å². The van der Waals surface area contributed by atoms with Gasteiger partial charge in [-0.15, -0.1) is 0 Å². The van der Waals surface area contributed by atoms with Gasteiger partial charge in [0.25, 0.3) is 0 Å². The van der Waals surface area contributed by atoms with Crippen LogP contribution < -0.4 is 0 Å². The maximum atomic E-state index is 5.09. The molecule has 0 aliphatic heterocycles. The molecule has 0 rings (SSSR count). The fourth-order valence-electron chi connectivity index (χ4n) is 0. The molecule has 1 nitrogen and oxygen atoms in total. The highest BCUT2D eigenvalue weighted by atomic mass is 35.5. The summed E-state index contributed by atoms with van der Waals surface area (Å²) in [4.78, 5) is 0. The van der Waals surface area contributed by atoms with Crippen LogP contribution in [0.4, 0.5) is 0 Å². The number of allylic oxidation sites excluding steroid dienone is 2. The zero-order chi connectivity index (χ0) is 8.57. The fourth-order valence-corrected chi connectivity index (χ4v) is 0. The number of halogens is 4. The molecule has 0 aromatic heterocycles. The zero-order valence-corrected chi connectivity index (χ0v) is 9.19. The Morgan fingerprint density at radius 1 is 0.818 bits per heavy atom. The summed E-state index contributed by atoms with van der Waals surface area (Å²) >= 11 is 20.4. The summed E-state index contributed by atoms with van der Waals surface area (Å²) in [6.45, 7) is 3.55. The first kappa shape index (κ1) is 17.6. The molecular weight excluding hydrogens is 230 g/mol. The van der Waals surface area contributed by atoms with E-state index in [2.05, 4.69) is 0 Å². The lowest BCUT2D eigenvalue weighted by Gasteiger charge is -1.66. The maximum Gasteiger partial charge on any atom is 0.102 e. The maximum absolute atomic E-state index is 5.09. The van der Waals surface area contributed by atoms with E-state index in [0.29, 0.717) is 8.98 Å². The van der Waals surface area contributed by atoms with E-state index in [9.17, 15) is 0 Å². The molecule has 0 saturated heterocycles. The van der Waals surface area contributed by atoms with Gasteiger partial charge in [-0.25, -0.2) is 0 Å². The lowest BCUT2D eigenvalue weighted by atomic mass is 10.8. The Kier molecular flexibility index (Phi) is 21.2. The third-order valence-corrected chi connectivity index (χ3v) is 1.31. The third kappa shape index (κ3) is 37.0. The van der Waals surface area contributed by atoms with E-state index in [4.69, 9.17) is 46.4 Å². The zero-order valence-electron chi connectivity index (χ0n) is 6.17. The molecule has 0 saturated carbocycles. The first-order chi connectivity index (χ1) is 4.54. The average Bonchev–Trinajstić information content (AvgIpc) is 1.89. The summed E-state index contributed by atoms with van der Waals surface area (Å²) in [6, 6.07) is 0. The minimum absolute atomic E-state index is 0. The van der Waals surface area contributed by atoms with Crippen LogP contribution in [0.5, 0.6) is 0 Å². The molecule has 0 aliphatic rings. The Morgan fingerprint density at radius 3 is 0.909 bits per heavy atom. The predicted molar refractivity (Wildman–Crippen MR) is 54.5 cm³/mol. The molecule has 0 radical (unpaired) electrons. The van der Waals surface area contributed by atoms with E-state index in [-0.39, 0.29) is 5.48 Å². The molecule has 0 atom stereocenters. The molecule has 0 fully saturated rings. The Labute approximate surface area is 86.9 Å². The van der Waals surface area contributed by atoms with Crippen molar-refractivity contribution >= 4 is 46.4 Å². The summed E-state index contributed by atoms with van der Waals surface area (Å²) in [5.41, 5.74) is 0. The van der Waals surface area contributed by atoms with Gasteiger partial charge in [0.2, 0.25) is 0 Å². The van der Waals surface area contributed by atoms with Crippen molar-refractivity contribution in [3.8, 4) is 0 Å². The summed E-state index contributed by atoms with van der Waals surface area (Å²) in [7, 11) is 0. The van der Waals surface area contributed by atoms with Crippen LogP contribution in [-0.4, -0.2) is 5.48 Å². The van der Waals surface area contributed by atoms with Crippen LogP contribution in [0.15, 0.2) is 21.1 Å². The van der Waals surface area contributed by atoms with E-state index >= 15 is 0 Å². The molecule has 0 amide bonds. The standard InChI is InChI=1S/2C3H4Cl2.H2O/c2*1-2-3(4)5;/h2*2H,1H3;1H2. The van der Waals surface area contributed by atoms with Crippen LogP contribution in [0.3, 0.4) is 0 Å². The molecule has 0 aliphatic carbocycles. The van der Waals surface area contributed by atoms with Gasteiger partial charge in [0.05, 0.1) is 0 Å². The van der Waals surface area contributed by atoms with E-state index in [1.165, 1.54) is 0 Å². The van der Waals surface area contributed by atoms with Crippen molar-refractivity contribution in [2.24, 2.45) is 0 Å². The Balaban J connectivity index is -0.000000107. The van der Waals surface area contributed by atoms with Crippen LogP contribution >= 0.6 is 46.4 Å². The Hall–Kier alpha value is 0.600. The molecule has 0 aromatic carbocycles. The molecule has 11 heavy (non-hydrogen) atoms. The van der Waals surface area contributed by atoms with Crippen LogP contribution in [-0.2, 0) is 0 Å². The number of rotatable bonds is 0. The molecule has 0 heterocycles. The van der Waals surface area contributed by atoms with Crippen molar-refractivity contribution in [2.75, 3.05) is 0 Å². The number of hydrogen-bond donors (Lipinski definition) is 0. The Bertz CT molecular complexity index is 107. The van der Waals surface area contributed by atoms with Gasteiger partial charge >= 0.3 is 0 Å². The predicted octanol–water partition coefficient (Wildman–Crippen LogP) is 3.83. The van der Waals surface area contributed by atoms with Crippen LogP contribution in [0, 0.1) is 0 Å². The normalized spacial score (nSPS) is 6.36. The average molecular weight is 240 g/mol. The monoisotopic (exact) mass is 238 g/mol. The van der Waals surface area contributed by atoms with E-state index in [1.54, 1.807) is 26.0 Å². The van der Waals surface area contributed by atoms with Gasteiger partial charge in [-0.2, -0.15) is 0 Å². The minimum atomic E-state index is 0. The van der Waals surface area contributed by atoms with Crippen LogP contribution in [0.25, 0.3) is 0 Å². The van der Waals surface area contributed by atoms with Crippen molar-refractivity contribution in [3.63, 3.8) is 0 Å². The second-order valence-corrected chi connectivity index (χ2v) is 3.17. The van der Waals surface area contributed by atoms with Crippen LogP contribution in [0.2, 0.25) is 0 Å². The summed E-state index contributed by atoms with van der Waals surface area (Å²) in [5, 5.41) is 0. The first-order valence-electron chi connectivity index (χ1n) is 2.49. The highest BCUT2D eigenvalue weighted by Crippen LogP contribution is 2.03. The highest BCUT2D eigenvalue weighted by molar-refractivity contribution is 6.56. The van der Waals surface area contributed by atoms with Crippen molar-refractivity contribution in [2.45, 2.75) is 13.8 Å². The van der Waals surface area contributed by atoms with Gasteiger partial charge in [0.1, 0.15) is 8.98 Å². The molecule has 0 aromatic rings. The van der Waals surface area contributed by atoms with Crippen molar-refractivity contribution in [1.82, 2.24) is 0 Å². The van der Waals surface area contributed by atoms with Crippen molar-refractivity contribution in [3.05, 3.63) is 21.1 Å². The van der Waals surface area contributed by atoms with E-state index in [1.807, 2.05) is 0 Å². The third-order valence-electron chi connectivity index (χ3n) is 0.436. The quantitative estimate of drug-likeness (QED) is 0.616. The summed E-state index contributed by atoms with van der Waals surface area (Å²) in [6.07, 6.45) is 3.23. The molecule has 2 N–H and O–H groups in total. The van der Waals surface area contributed by atoms with Crippen LogP contribution in [0.1, 0.15) is 13.8 Å². The summed E-state index contributed by atoms with van der Waals surface area (Å²) in [5.74, 6) is 0. The van der Waals surface area contributed by atoms with Gasteiger partial charge in [0, 0.05) is 0 Å². The van der Waals surface area contributed by atoms with E-state index < -0.39 is 0 Å². The topological polar surface area (TPSA) is 31.5 Å². The van der Waals surface area contributed by atoms with Crippen molar-refractivity contribution in [1.29, 1.82) is 0 Å². The number of hydrogen-bond acceptors (Lipinski definition) is 0. The first-order valence-corrected chi connectivity index (χ1v) is 4.00. The molecule has 0 bridgehead atoms. The van der Waals surface area contributed by atoms with Crippen molar-refractivity contribution < 1.29 is 5.48 Å². The molecule has 0 spiro atoms. The minimum Gasteiger partial charge on any atom is -0.412 e.